The molecule has 0 bridgehead atoms. The molecule has 0 aromatic heterocycles. The number of para-hydroxylation sites is 2. The van der Waals surface area contributed by atoms with Gasteiger partial charge in [0.15, 0.2) is 5.76 Å². The molecule has 2 aliphatic heterocycles. The molecule has 25 heavy (non-hydrogen) atoms. The summed E-state index contributed by atoms with van der Waals surface area (Å²) in [6, 6.07) is 5.37. The van der Waals surface area contributed by atoms with E-state index >= 15 is 0 Å². The highest BCUT2D eigenvalue weighted by Crippen LogP contribution is 2.32. The van der Waals surface area contributed by atoms with Gasteiger partial charge >= 0.3 is 6.61 Å². The van der Waals surface area contributed by atoms with Gasteiger partial charge in [-0.15, -0.1) is 0 Å². The summed E-state index contributed by atoms with van der Waals surface area (Å²) in [5.41, 5.74) is 0.262. The number of ether oxygens (including phenoxy) is 2. The minimum Gasteiger partial charge on any atom is -0.488 e. The minimum atomic E-state index is -2.98. The van der Waals surface area contributed by atoms with Gasteiger partial charge in [-0.25, -0.2) is 0 Å². The fourth-order valence-electron chi connectivity index (χ4n) is 2.87. The number of nitrogens with one attached hydrogen (secondary N) is 1. The predicted molar refractivity (Wildman–Crippen MR) is 85.2 cm³/mol. The number of rotatable bonds is 5. The van der Waals surface area contributed by atoms with E-state index < -0.39 is 18.6 Å². The molecule has 0 saturated carbocycles. The van der Waals surface area contributed by atoms with Crippen molar-refractivity contribution in [1.82, 2.24) is 5.32 Å². The highest BCUT2D eigenvalue weighted by Gasteiger charge is 2.35. The number of nitrogens with zero attached hydrogens (tertiary/aromatic N) is 1. The van der Waals surface area contributed by atoms with Crippen LogP contribution in [0.15, 0.2) is 36.1 Å². The number of allylic oxidation sites excluding steroid dienone is 1. The second kappa shape index (κ2) is 7.50. The molecule has 1 unspecified atom stereocenters. The van der Waals surface area contributed by atoms with Gasteiger partial charge in [-0.1, -0.05) is 12.1 Å². The first-order valence-corrected chi connectivity index (χ1v) is 8.05. The summed E-state index contributed by atoms with van der Waals surface area (Å²) in [6.45, 7) is -2.21. The highest BCUT2D eigenvalue weighted by molar-refractivity contribution is 6.04. The highest BCUT2D eigenvalue weighted by atomic mass is 19.3. The van der Waals surface area contributed by atoms with Gasteiger partial charge in [-0.05, 0) is 37.5 Å². The van der Waals surface area contributed by atoms with Gasteiger partial charge < -0.3 is 19.7 Å². The summed E-state index contributed by atoms with van der Waals surface area (Å²) in [5, 5.41) is 2.65. The van der Waals surface area contributed by atoms with E-state index in [1.807, 2.05) is 0 Å². The van der Waals surface area contributed by atoms with Gasteiger partial charge in [0.05, 0.1) is 12.3 Å². The summed E-state index contributed by atoms with van der Waals surface area (Å²) in [5.74, 6) is -0.651. The van der Waals surface area contributed by atoms with Crippen molar-refractivity contribution in [2.24, 2.45) is 0 Å². The van der Waals surface area contributed by atoms with E-state index in [4.69, 9.17) is 4.74 Å². The van der Waals surface area contributed by atoms with Crippen molar-refractivity contribution in [2.75, 3.05) is 18.1 Å². The second-order valence-corrected chi connectivity index (χ2v) is 5.71. The number of benzene rings is 1. The monoisotopic (exact) mass is 352 g/mol. The minimum absolute atomic E-state index is 0.0730. The molecule has 3 rings (SSSR count). The van der Waals surface area contributed by atoms with Crippen molar-refractivity contribution in [1.29, 1.82) is 0 Å². The summed E-state index contributed by atoms with van der Waals surface area (Å²) >= 11 is 0. The number of amides is 2. The number of carbonyl (C=O) groups excluding carboxylic acids is 2. The molecule has 2 heterocycles. The molecule has 1 fully saturated rings. The molecule has 8 heteroatoms. The average Bonchev–Trinajstić information content (AvgIpc) is 2.96. The Morgan fingerprint density at radius 3 is 2.88 bits per heavy atom. The van der Waals surface area contributed by atoms with Crippen LogP contribution in [-0.2, 0) is 14.3 Å². The van der Waals surface area contributed by atoms with Crippen LogP contribution < -0.4 is 15.0 Å². The molecule has 1 aromatic rings. The van der Waals surface area contributed by atoms with Crippen LogP contribution in [0.3, 0.4) is 0 Å². The normalized spacial score (nSPS) is 20.3. The van der Waals surface area contributed by atoms with Gasteiger partial charge in [0.1, 0.15) is 11.8 Å². The molecule has 0 radical (unpaired) electrons. The van der Waals surface area contributed by atoms with Crippen LogP contribution in [0, 0.1) is 0 Å². The average molecular weight is 352 g/mol. The van der Waals surface area contributed by atoms with Gasteiger partial charge in [-0.3, -0.25) is 9.59 Å². The number of anilines is 1. The fraction of sp³-hybridized carbons (Fsp3) is 0.412. The molecule has 1 saturated heterocycles. The van der Waals surface area contributed by atoms with E-state index in [0.717, 1.165) is 12.8 Å². The fourth-order valence-corrected chi connectivity index (χ4v) is 2.87. The van der Waals surface area contributed by atoms with Crippen molar-refractivity contribution < 1.29 is 27.8 Å². The summed E-state index contributed by atoms with van der Waals surface area (Å²) in [7, 11) is 0. The summed E-state index contributed by atoms with van der Waals surface area (Å²) in [4.78, 5) is 26.1. The van der Waals surface area contributed by atoms with Gasteiger partial charge in [0, 0.05) is 6.54 Å². The molecule has 1 atom stereocenters. The zero-order chi connectivity index (χ0) is 17.8. The first-order chi connectivity index (χ1) is 12.1. The molecule has 2 amide bonds. The van der Waals surface area contributed by atoms with Gasteiger partial charge in [0.25, 0.3) is 5.91 Å². The molecule has 1 N–H and O–H groups in total. The number of carbonyl (C=O) groups is 2. The van der Waals surface area contributed by atoms with Gasteiger partial charge in [0.2, 0.25) is 5.91 Å². The maximum atomic E-state index is 12.6. The van der Waals surface area contributed by atoms with Crippen molar-refractivity contribution in [3.05, 3.63) is 36.1 Å². The number of halogens is 2. The van der Waals surface area contributed by atoms with E-state index in [1.165, 1.54) is 17.0 Å². The Morgan fingerprint density at radius 2 is 2.16 bits per heavy atom. The Morgan fingerprint density at radius 1 is 1.36 bits per heavy atom. The molecule has 2 aliphatic rings. The van der Waals surface area contributed by atoms with Crippen LogP contribution in [-0.4, -0.2) is 37.6 Å². The van der Waals surface area contributed by atoms with Crippen LogP contribution >= 0.6 is 0 Å². The molecule has 0 aliphatic carbocycles. The number of hydrogen-bond donors (Lipinski definition) is 1. The maximum absolute atomic E-state index is 12.6. The second-order valence-electron chi connectivity index (χ2n) is 5.71. The van der Waals surface area contributed by atoms with Crippen molar-refractivity contribution >= 4 is 17.5 Å². The third-order valence-corrected chi connectivity index (χ3v) is 4.04. The van der Waals surface area contributed by atoms with Crippen molar-refractivity contribution in [3.63, 3.8) is 0 Å². The number of alkyl halides is 2. The number of hydrogen-bond acceptors (Lipinski definition) is 4. The zero-order valence-electron chi connectivity index (χ0n) is 13.4. The third-order valence-electron chi connectivity index (χ3n) is 4.04. The lowest BCUT2D eigenvalue weighted by molar-refractivity contribution is -0.126. The third kappa shape index (κ3) is 3.89. The Bertz CT molecular complexity index is 693. The topological polar surface area (TPSA) is 67.9 Å². The van der Waals surface area contributed by atoms with Crippen molar-refractivity contribution in [2.45, 2.75) is 31.9 Å². The largest absolute Gasteiger partial charge is 0.488 e. The Balaban J connectivity index is 1.70. The van der Waals surface area contributed by atoms with Gasteiger partial charge in [-0.2, -0.15) is 8.78 Å². The zero-order valence-corrected chi connectivity index (χ0v) is 13.4. The maximum Gasteiger partial charge on any atom is 0.387 e. The van der Waals surface area contributed by atoms with Crippen LogP contribution in [0.4, 0.5) is 14.5 Å². The lowest BCUT2D eigenvalue weighted by atomic mass is 10.2. The van der Waals surface area contributed by atoms with Crippen LogP contribution in [0.5, 0.6) is 5.75 Å². The Labute approximate surface area is 143 Å². The van der Waals surface area contributed by atoms with E-state index in [1.54, 1.807) is 18.2 Å². The summed E-state index contributed by atoms with van der Waals surface area (Å²) in [6.07, 6.45) is 3.68. The van der Waals surface area contributed by atoms with E-state index in [-0.39, 0.29) is 23.1 Å². The smallest absolute Gasteiger partial charge is 0.387 e. The van der Waals surface area contributed by atoms with E-state index in [0.29, 0.717) is 19.6 Å². The molecule has 6 nitrogen and oxygen atoms in total. The molecule has 134 valence electrons. The quantitative estimate of drug-likeness (QED) is 0.882. The molecular weight excluding hydrogens is 334 g/mol. The van der Waals surface area contributed by atoms with Crippen LogP contribution in [0.25, 0.3) is 0 Å². The lowest BCUT2D eigenvalue weighted by Gasteiger charge is -2.21. The molecule has 0 spiro atoms. The molecular formula is C17H18F2N2O4. The first kappa shape index (κ1) is 17.2. The van der Waals surface area contributed by atoms with E-state index in [9.17, 15) is 18.4 Å². The lowest BCUT2D eigenvalue weighted by Crippen LogP contribution is -2.42. The Hall–Kier alpha value is -2.64. The first-order valence-electron chi connectivity index (χ1n) is 8.05. The van der Waals surface area contributed by atoms with Crippen LogP contribution in [0.1, 0.15) is 19.3 Å². The van der Waals surface area contributed by atoms with Crippen LogP contribution in [0.2, 0.25) is 0 Å². The predicted octanol–water partition coefficient (Wildman–Crippen LogP) is 2.20. The molecule has 1 aromatic carbocycles. The SMILES string of the molecule is O=C(NC1CCN(c2ccccc2OC(F)F)C1=O)C1=CCCCO1. The standard InChI is InChI=1S/C17H18F2N2O4/c18-17(19)25-13-6-2-1-5-12(13)21-9-8-11(16(21)23)20-15(22)14-7-3-4-10-24-14/h1-2,5-7,11,17H,3-4,8-10H2,(H,20,22). The van der Waals surface area contributed by atoms with Crippen molar-refractivity contribution in [3.8, 4) is 5.75 Å². The Kier molecular flexibility index (Phi) is 5.16. The summed E-state index contributed by atoms with van der Waals surface area (Å²) < 4.78 is 34.8. The van der Waals surface area contributed by atoms with E-state index in [2.05, 4.69) is 10.1 Å².